The Bertz CT molecular complexity index is 1390. The Hall–Kier alpha value is -2.44. The molecular formula is C36H56N8O8. The van der Waals surface area contributed by atoms with E-state index in [1.807, 2.05) is 0 Å². The van der Waals surface area contributed by atoms with E-state index in [0.717, 1.165) is 38.5 Å². The van der Waals surface area contributed by atoms with Crippen molar-refractivity contribution >= 4 is 24.4 Å². The Labute approximate surface area is 303 Å². The van der Waals surface area contributed by atoms with Crippen molar-refractivity contribution in [1.82, 2.24) is 42.5 Å². The largest absolute Gasteiger partial charge is 0.481 e. The van der Waals surface area contributed by atoms with E-state index in [0.29, 0.717) is 45.0 Å². The summed E-state index contributed by atoms with van der Waals surface area (Å²) in [6.07, 6.45) is 7.41. The lowest BCUT2D eigenvalue weighted by molar-refractivity contribution is -0.145. The zero-order chi connectivity index (χ0) is 35.8. The van der Waals surface area contributed by atoms with Crippen LogP contribution in [0.15, 0.2) is 0 Å². The molecule has 9 fully saturated rings. The first kappa shape index (κ1) is 35.3. The van der Waals surface area contributed by atoms with Gasteiger partial charge in [-0.2, -0.15) is 0 Å². The third kappa shape index (κ3) is 6.24. The molecule has 4 aliphatic carbocycles. The summed E-state index contributed by atoms with van der Waals surface area (Å²) in [5.74, 6) is -2.09. The summed E-state index contributed by atoms with van der Waals surface area (Å²) < 4.78 is 5.53. The number of carboxylic acids is 3. The summed E-state index contributed by atoms with van der Waals surface area (Å²) in [6, 6.07) is 0. The van der Waals surface area contributed by atoms with Gasteiger partial charge >= 0.3 is 17.9 Å². The van der Waals surface area contributed by atoms with Gasteiger partial charge in [0, 0.05) is 0 Å². The average Bonchev–Trinajstić information content (AvgIpc) is 3.86. The number of nitrogens with one attached hydrogen (secondary N) is 8. The van der Waals surface area contributed by atoms with Gasteiger partial charge in [0.15, 0.2) is 0 Å². The fraction of sp³-hybridized carbons (Fsp3) is 0.889. The molecule has 0 aromatic carbocycles. The smallest absolute Gasteiger partial charge is 0.306 e. The van der Waals surface area contributed by atoms with Gasteiger partial charge in [0.05, 0.1) is 67.1 Å². The molecule has 11 N–H and O–H groups in total. The van der Waals surface area contributed by atoms with Gasteiger partial charge in [-0.05, 0) is 124 Å². The molecule has 52 heavy (non-hydrogen) atoms. The maximum atomic E-state index is 12.3. The molecule has 9 aliphatic rings. The van der Waals surface area contributed by atoms with Gasteiger partial charge in [-0.25, -0.2) is 0 Å². The van der Waals surface area contributed by atoms with Crippen molar-refractivity contribution in [2.24, 2.45) is 65.1 Å². The van der Waals surface area contributed by atoms with Crippen molar-refractivity contribution in [3.05, 3.63) is 0 Å². The first-order valence-corrected chi connectivity index (χ1v) is 20.0. The maximum Gasteiger partial charge on any atom is 0.306 e. The Morgan fingerprint density at radius 2 is 0.673 bits per heavy atom. The van der Waals surface area contributed by atoms with Crippen molar-refractivity contribution in [3.63, 3.8) is 0 Å². The van der Waals surface area contributed by atoms with Crippen molar-refractivity contribution in [3.8, 4) is 0 Å². The highest BCUT2D eigenvalue weighted by Gasteiger charge is 2.57. The predicted molar refractivity (Wildman–Crippen MR) is 183 cm³/mol. The molecule has 9 rings (SSSR count). The molecule has 0 radical (unpaired) electrons. The summed E-state index contributed by atoms with van der Waals surface area (Å²) in [5.41, 5.74) is 0. The minimum absolute atomic E-state index is 0.0587. The van der Waals surface area contributed by atoms with E-state index in [1.54, 1.807) is 0 Å². The molecular weight excluding hydrogens is 672 g/mol. The maximum absolute atomic E-state index is 12.3. The highest BCUT2D eigenvalue weighted by atomic mass is 16.5. The Morgan fingerprint density at radius 1 is 0.404 bits per heavy atom. The molecule has 5 aliphatic heterocycles. The number of rotatable bonds is 5. The predicted octanol–water partition coefficient (Wildman–Crippen LogP) is -0.311. The van der Waals surface area contributed by atoms with Gasteiger partial charge in [0.25, 0.3) is 6.47 Å². The number of carboxylic acid groups (broad SMARTS) is 3. The highest BCUT2D eigenvalue weighted by molar-refractivity contribution is 5.71. The summed E-state index contributed by atoms with van der Waals surface area (Å²) in [5, 5.41) is 61.6. The summed E-state index contributed by atoms with van der Waals surface area (Å²) >= 11 is 0. The van der Waals surface area contributed by atoms with Gasteiger partial charge in [-0.3, -0.25) is 61.7 Å². The number of carbonyl (C=O) groups is 4. The molecule has 0 aromatic heterocycles. The highest BCUT2D eigenvalue weighted by Crippen LogP contribution is 2.47. The van der Waals surface area contributed by atoms with Crippen LogP contribution in [0, 0.1) is 65.1 Å². The Morgan fingerprint density at radius 3 is 0.962 bits per heavy atom. The number of aliphatic carboxylic acids is 3. The van der Waals surface area contributed by atoms with Gasteiger partial charge in [-0.15, -0.1) is 0 Å². The lowest BCUT2D eigenvalue weighted by Crippen LogP contribution is -2.61. The topological polar surface area (TPSA) is 234 Å². The second kappa shape index (κ2) is 14.0. The van der Waals surface area contributed by atoms with Crippen LogP contribution in [-0.2, 0) is 23.9 Å². The van der Waals surface area contributed by atoms with E-state index < -0.39 is 35.7 Å². The molecule has 0 spiro atoms. The van der Waals surface area contributed by atoms with Crippen LogP contribution in [0.3, 0.4) is 0 Å². The third-order valence-corrected chi connectivity index (χ3v) is 15.4. The van der Waals surface area contributed by atoms with Crippen molar-refractivity contribution in [2.45, 2.75) is 132 Å². The number of hydrogen-bond donors (Lipinski definition) is 11. The van der Waals surface area contributed by atoms with Crippen LogP contribution in [-0.4, -0.2) is 95.1 Å². The normalized spacial score (nSPS) is 52.4. The van der Waals surface area contributed by atoms with Gasteiger partial charge in [-0.1, -0.05) is 0 Å². The van der Waals surface area contributed by atoms with E-state index in [4.69, 9.17) is 4.74 Å². The molecule has 16 heteroatoms. The van der Waals surface area contributed by atoms with Crippen LogP contribution in [0.25, 0.3) is 0 Å². The van der Waals surface area contributed by atoms with E-state index in [1.165, 1.54) is 0 Å². The molecule has 20 unspecified atom stereocenters. The summed E-state index contributed by atoms with van der Waals surface area (Å²) in [4.78, 5) is 48.2. The molecule has 4 saturated carbocycles. The minimum Gasteiger partial charge on any atom is -0.481 e. The van der Waals surface area contributed by atoms with E-state index >= 15 is 0 Å². The number of hydrogen-bond acceptors (Lipinski definition) is 13. The molecule has 16 nitrogen and oxygen atoms in total. The minimum atomic E-state index is -0.744. The van der Waals surface area contributed by atoms with Crippen LogP contribution in [0.5, 0.6) is 0 Å². The fourth-order valence-corrected chi connectivity index (χ4v) is 12.8. The third-order valence-electron chi connectivity index (χ3n) is 15.4. The van der Waals surface area contributed by atoms with Crippen LogP contribution >= 0.6 is 0 Å². The standard InChI is InChI=1S/C36H56N8O8/c45-13-52-17-4-8-21-25(12-17)33-43-28-20-7-3-16(36(50)51)11-24(20)31(41-28)39-26-18-5-1-14(34(46)47)9-22(18)30(37-26)38-27-19-6-2-15(35(48)49)10-23(19)32(40-27)42-29(21)44-33/h13-33,37-44H,1-12H2,(H,46,47)(H,48,49)(H,50,51). The average molecular weight is 729 g/mol. The van der Waals surface area contributed by atoms with Crippen LogP contribution in [0.4, 0.5) is 0 Å². The van der Waals surface area contributed by atoms with Crippen molar-refractivity contribution in [1.29, 1.82) is 0 Å². The summed E-state index contributed by atoms with van der Waals surface area (Å²) in [7, 11) is 0. The molecule has 288 valence electrons. The van der Waals surface area contributed by atoms with Crippen molar-refractivity contribution < 1.29 is 39.2 Å². The zero-order valence-electron chi connectivity index (χ0n) is 29.5. The fourth-order valence-electron chi connectivity index (χ4n) is 12.8. The first-order chi connectivity index (χ1) is 25.1. The quantitative estimate of drug-likeness (QED) is 0.163. The molecule has 0 aromatic rings. The van der Waals surface area contributed by atoms with Crippen LogP contribution in [0.2, 0.25) is 0 Å². The van der Waals surface area contributed by atoms with Crippen molar-refractivity contribution in [2.75, 3.05) is 0 Å². The molecule has 8 bridgehead atoms. The molecule has 5 saturated heterocycles. The van der Waals surface area contributed by atoms with Gasteiger partial charge < -0.3 is 20.1 Å². The number of carbonyl (C=O) groups excluding carboxylic acids is 1. The summed E-state index contributed by atoms with van der Waals surface area (Å²) in [6.45, 7) is 0.561. The lowest BCUT2D eigenvalue weighted by atomic mass is 9.72. The number of fused-ring (bicyclic) bond motifs is 20. The van der Waals surface area contributed by atoms with E-state index in [2.05, 4.69) is 42.5 Å². The van der Waals surface area contributed by atoms with Crippen LogP contribution < -0.4 is 42.5 Å². The monoisotopic (exact) mass is 728 g/mol. The Balaban J connectivity index is 1.06. The second-order valence-electron chi connectivity index (χ2n) is 17.7. The SMILES string of the molecule is O=COC1CCC2C3NC(NC4NC(NC5NC(NC6NC(N3)C3CC(C(=O)O)CCC63)C3CC(C(=O)O)CCC53)C3CC(C(=O)O)CCC43)C2C1. The first-order valence-electron chi connectivity index (χ1n) is 20.0. The second-order valence-corrected chi connectivity index (χ2v) is 17.7. The zero-order valence-corrected chi connectivity index (χ0v) is 29.5. The Kier molecular flexibility index (Phi) is 9.50. The van der Waals surface area contributed by atoms with E-state index in [9.17, 15) is 34.5 Å². The molecule has 0 amide bonds. The molecule has 5 heterocycles. The van der Waals surface area contributed by atoms with E-state index in [-0.39, 0.29) is 103 Å². The van der Waals surface area contributed by atoms with Gasteiger partial charge in [0.2, 0.25) is 0 Å². The lowest BCUT2D eigenvalue weighted by Gasteiger charge is -2.38. The van der Waals surface area contributed by atoms with Gasteiger partial charge in [0.1, 0.15) is 6.10 Å². The van der Waals surface area contributed by atoms with Crippen LogP contribution in [0.1, 0.15) is 77.0 Å². The number of ether oxygens (including phenoxy) is 1. The molecule has 20 atom stereocenters.